The van der Waals surface area contributed by atoms with E-state index in [0.717, 1.165) is 12.5 Å². The summed E-state index contributed by atoms with van der Waals surface area (Å²) in [6.07, 6.45) is 5.13. The second-order valence-corrected chi connectivity index (χ2v) is 6.28. The lowest BCUT2D eigenvalue weighted by atomic mass is 9.79. The van der Waals surface area contributed by atoms with Crippen LogP contribution in [0.15, 0.2) is 0 Å². The third kappa shape index (κ3) is 3.69. The predicted octanol–water partition coefficient (Wildman–Crippen LogP) is 1.63. The zero-order chi connectivity index (χ0) is 13.2. The highest BCUT2D eigenvalue weighted by Gasteiger charge is 2.35. The fraction of sp³-hybridized carbons (Fsp3) is 0.929. The van der Waals surface area contributed by atoms with E-state index in [2.05, 4.69) is 12.2 Å². The van der Waals surface area contributed by atoms with Gasteiger partial charge < -0.3 is 15.5 Å². The average molecular weight is 255 g/mol. The normalized spacial score (nSPS) is 34.2. The number of carboxylic acid groups (broad SMARTS) is 1. The van der Waals surface area contributed by atoms with E-state index in [1.54, 1.807) is 0 Å². The van der Waals surface area contributed by atoms with Crippen LogP contribution in [0, 0.1) is 17.8 Å². The van der Waals surface area contributed by atoms with Crippen LogP contribution in [0.4, 0.5) is 0 Å². The van der Waals surface area contributed by atoms with Crippen molar-refractivity contribution < 1.29 is 15.0 Å². The molecule has 0 radical (unpaired) electrons. The number of carbonyl (C=O) groups is 1. The van der Waals surface area contributed by atoms with Crippen molar-refractivity contribution in [3.8, 4) is 0 Å². The molecule has 4 nitrogen and oxygen atoms in total. The summed E-state index contributed by atoms with van der Waals surface area (Å²) >= 11 is 0. The Bertz CT molecular complexity index is 293. The van der Waals surface area contributed by atoms with Crippen molar-refractivity contribution in [3.63, 3.8) is 0 Å². The summed E-state index contributed by atoms with van der Waals surface area (Å²) in [7, 11) is 0. The van der Waals surface area contributed by atoms with Crippen LogP contribution >= 0.6 is 0 Å². The van der Waals surface area contributed by atoms with Crippen molar-refractivity contribution in [1.82, 2.24) is 5.32 Å². The first kappa shape index (κ1) is 13.8. The first-order valence-corrected chi connectivity index (χ1v) is 7.16. The van der Waals surface area contributed by atoms with Gasteiger partial charge in [0.05, 0.1) is 11.5 Å². The van der Waals surface area contributed by atoms with Gasteiger partial charge in [-0.15, -0.1) is 0 Å². The van der Waals surface area contributed by atoms with Crippen LogP contribution in [-0.4, -0.2) is 34.9 Å². The molecule has 2 fully saturated rings. The van der Waals surface area contributed by atoms with Gasteiger partial charge in [-0.3, -0.25) is 4.79 Å². The summed E-state index contributed by atoms with van der Waals surface area (Å²) in [5.74, 6) is 0.613. The van der Waals surface area contributed by atoms with E-state index in [1.165, 1.54) is 12.8 Å². The molecule has 0 saturated heterocycles. The molecule has 0 aromatic heterocycles. The van der Waals surface area contributed by atoms with Gasteiger partial charge in [0.25, 0.3) is 0 Å². The Balaban J connectivity index is 1.67. The molecule has 0 aromatic carbocycles. The zero-order valence-electron chi connectivity index (χ0n) is 11.2. The second-order valence-electron chi connectivity index (χ2n) is 6.28. The van der Waals surface area contributed by atoms with E-state index in [-0.39, 0.29) is 5.92 Å². The maximum atomic E-state index is 10.9. The minimum Gasteiger partial charge on any atom is -0.481 e. The minimum absolute atomic E-state index is 0.254. The molecule has 0 aliphatic heterocycles. The van der Waals surface area contributed by atoms with E-state index in [9.17, 15) is 9.90 Å². The maximum absolute atomic E-state index is 10.9. The average Bonchev–Trinajstić information content (AvgIpc) is 3.13. The lowest BCUT2D eigenvalue weighted by Crippen LogP contribution is -2.45. The molecule has 1 unspecified atom stereocenters. The summed E-state index contributed by atoms with van der Waals surface area (Å²) in [5, 5.41) is 22.7. The molecule has 1 atom stereocenters. The van der Waals surface area contributed by atoms with Gasteiger partial charge in [-0.25, -0.2) is 0 Å². The van der Waals surface area contributed by atoms with Gasteiger partial charge in [0, 0.05) is 6.54 Å². The largest absolute Gasteiger partial charge is 0.481 e. The highest BCUT2D eigenvalue weighted by Crippen LogP contribution is 2.36. The third-order valence-corrected chi connectivity index (χ3v) is 4.61. The van der Waals surface area contributed by atoms with Crippen molar-refractivity contribution in [2.75, 3.05) is 13.1 Å². The Morgan fingerprint density at radius 1 is 1.33 bits per heavy atom. The van der Waals surface area contributed by atoms with E-state index >= 15 is 0 Å². The second kappa shape index (κ2) is 5.57. The highest BCUT2D eigenvalue weighted by molar-refractivity contribution is 5.70. The molecule has 0 bridgehead atoms. The van der Waals surface area contributed by atoms with Crippen molar-refractivity contribution in [2.24, 2.45) is 17.8 Å². The van der Waals surface area contributed by atoms with E-state index in [1.807, 2.05) is 0 Å². The number of hydrogen-bond acceptors (Lipinski definition) is 3. The Labute approximate surface area is 109 Å². The SMILES string of the molecule is CC(CNCC1(O)CCC(C(=O)O)CC1)C1CC1. The van der Waals surface area contributed by atoms with Gasteiger partial charge in [0.1, 0.15) is 0 Å². The first-order valence-electron chi connectivity index (χ1n) is 7.16. The molecule has 104 valence electrons. The Morgan fingerprint density at radius 3 is 2.44 bits per heavy atom. The lowest BCUT2D eigenvalue weighted by Gasteiger charge is -2.35. The topological polar surface area (TPSA) is 69.6 Å². The van der Waals surface area contributed by atoms with Gasteiger partial charge >= 0.3 is 5.97 Å². The van der Waals surface area contributed by atoms with Crippen LogP contribution in [-0.2, 0) is 4.79 Å². The molecule has 0 heterocycles. The molecular weight excluding hydrogens is 230 g/mol. The molecule has 2 saturated carbocycles. The predicted molar refractivity (Wildman–Crippen MR) is 69.3 cm³/mol. The summed E-state index contributed by atoms with van der Waals surface area (Å²) in [6.45, 7) is 3.84. The number of aliphatic carboxylic acids is 1. The third-order valence-electron chi connectivity index (χ3n) is 4.61. The molecule has 2 aliphatic rings. The number of carboxylic acids is 1. The Kier molecular flexibility index (Phi) is 4.28. The van der Waals surface area contributed by atoms with E-state index < -0.39 is 11.6 Å². The highest BCUT2D eigenvalue weighted by atomic mass is 16.4. The monoisotopic (exact) mass is 255 g/mol. The lowest BCUT2D eigenvalue weighted by molar-refractivity contribution is -0.144. The van der Waals surface area contributed by atoms with Gasteiger partial charge in [0.2, 0.25) is 0 Å². The quantitative estimate of drug-likeness (QED) is 0.674. The van der Waals surface area contributed by atoms with Crippen LogP contribution in [0.2, 0.25) is 0 Å². The smallest absolute Gasteiger partial charge is 0.306 e. The fourth-order valence-electron chi connectivity index (χ4n) is 2.94. The number of rotatable bonds is 6. The number of aliphatic hydroxyl groups is 1. The summed E-state index contributed by atoms with van der Waals surface area (Å²) in [5.41, 5.74) is -0.685. The van der Waals surface area contributed by atoms with Gasteiger partial charge in [-0.1, -0.05) is 6.92 Å². The standard InChI is InChI=1S/C14H25NO3/c1-10(11-2-3-11)8-15-9-14(18)6-4-12(5-7-14)13(16)17/h10-12,15,18H,2-9H2,1H3,(H,16,17). The van der Waals surface area contributed by atoms with Crippen LogP contribution in [0.5, 0.6) is 0 Å². The Morgan fingerprint density at radius 2 is 1.94 bits per heavy atom. The molecule has 3 N–H and O–H groups in total. The maximum Gasteiger partial charge on any atom is 0.306 e. The summed E-state index contributed by atoms with van der Waals surface area (Å²) in [6, 6.07) is 0. The van der Waals surface area contributed by atoms with E-state index in [0.29, 0.717) is 38.1 Å². The molecule has 0 aromatic rings. The van der Waals surface area contributed by atoms with E-state index in [4.69, 9.17) is 5.11 Å². The van der Waals surface area contributed by atoms with Gasteiger partial charge in [-0.05, 0) is 56.9 Å². The molecule has 0 spiro atoms. The van der Waals surface area contributed by atoms with Gasteiger partial charge in [0.15, 0.2) is 0 Å². The van der Waals surface area contributed by atoms with Crippen LogP contribution in [0.25, 0.3) is 0 Å². The van der Waals surface area contributed by atoms with Crippen molar-refractivity contribution in [3.05, 3.63) is 0 Å². The van der Waals surface area contributed by atoms with Crippen LogP contribution in [0.3, 0.4) is 0 Å². The summed E-state index contributed by atoms with van der Waals surface area (Å²) in [4.78, 5) is 10.9. The number of nitrogens with one attached hydrogen (secondary N) is 1. The molecule has 0 amide bonds. The molecule has 4 heteroatoms. The van der Waals surface area contributed by atoms with Crippen LogP contribution < -0.4 is 5.32 Å². The van der Waals surface area contributed by atoms with Crippen molar-refractivity contribution in [1.29, 1.82) is 0 Å². The van der Waals surface area contributed by atoms with Crippen molar-refractivity contribution in [2.45, 2.75) is 51.0 Å². The van der Waals surface area contributed by atoms with Crippen molar-refractivity contribution >= 4 is 5.97 Å². The van der Waals surface area contributed by atoms with Crippen LogP contribution in [0.1, 0.15) is 45.4 Å². The van der Waals surface area contributed by atoms with Gasteiger partial charge in [-0.2, -0.15) is 0 Å². The molecule has 2 aliphatic carbocycles. The fourth-order valence-corrected chi connectivity index (χ4v) is 2.94. The molecule has 2 rings (SSSR count). The molecular formula is C14H25NO3. The zero-order valence-corrected chi connectivity index (χ0v) is 11.2. The first-order chi connectivity index (χ1) is 8.50. The Hall–Kier alpha value is -0.610. The summed E-state index contributed by atoms with van der Waals surface area (Å²) < 4.78 is 0. The minimum atomic E-state index is -0.715. The number of hydrogen-bond donors (Lipinski definition) is 3. The molecule has 18 heavy (non-hydrogen) atoms.